The highest BCUT2D eigenvalue weighted by molar-refractivity contribution is 5.95. The molecule has 0 aliphatic heterocycles. The number of para-hydroxylation sites is 2. The number of rotatable bonds is 5. The number of aryl methyl sites for hydroxylation is 2. The predicted molar refractivity (Wildman–Crippen MR) is 105 cm³/mol. The third-order valence-electron chi connectivity index (χ3n) is 4.68. The van der Waals surface area contributed by atoms with Crippen LogP contribution in [0.4, 0.5) is 5.69 Å². The van der Waals surface area contributed by atoms with E-state index in [4.69, 9.17) is 0 Å². The van der Waals surface area contributed by atoms with E-state index >= 15 is 0 Å². The molecule has 0 saturated heterocycles. The first-order chi connectivity index (χ1) is 12.9. The summed E-state index contributed by atoms with van der Waals surface area (Å²) in [7, 11) is 1.66. The molecule has 0 saturated carbocycles. The first kappa shape index (κ1) is 18.4. The first-order valence-electron chi connectivity index (χ1n) is 8.65. The van der Waals surface area contributed by atoms with Crippen LogP contribution in [0.25, 0.3) is 11.0 Å². The molecule has 7 heteroatoms. The van der Waals surface area contributed by atoms with Crippen molar-refractivity contribution in [2.75, 3.05) is 11.9 Å². The summed E-state index contributed by atoms with van der Waals surface area (Å²) in [6.07, 6.45) is 0. The van der Waals surface area contributed by atoms with Crippen molar-refractivity contribution in [1.82, 2.24) is 14.5 Å². The van der Waals surface area contributed by atoms with Crippen LogP contribution in [0.3, 0.4) is 0 Å². The van der Waals surface area contributed by atoms with E-state index in [1.807, 2.05) is 50.2 Å². The van der Waals surface area contributed by atoms with Crippen molar-refractivity contribution < 1.29 is 9.59 Å². The van der Waals surface area contributed by atoms with Crippen LogP contribution in [0.5, 0.6) is 0 Å². The predicted octanol–water partition coefficient (Wildman–Crippen LogP) is 1.71. The van der Waals surface area contributed by atoms with Crippen LogP contribution in [0.2, 0.25) is 0 Å². The van der Waals surface area contributed by atoms with Gasteiger partial charge in [-0.05, 0) is 43.2 Å². The molecular formula is C20H22N4O3. The second-order valence-corrected chi connectivity index (χ2v) is 6.49. The largest absolute Gasteiger partial charge is 0.345 e. The van der Waals surface area contributed by atoms with Crippen molar-refractivity contribution >= 4 is 28.5 Å². The average molecular weight is 366 g/mol. The SMILES string of the molecule is Cc1cccc(NC(=O)CNC(=O)Cn2c(=O)n(C)c3ccccc32)c1C. The molecule has 0 aliphatic carbocycles. The number of hydrogen-bond donors (Lipinski definition) is 2. The third kappa shape index (κ3) is 3.76. The highest BCUT2D eigenvalue weighted by Gasteiger charge is 2.14. The van der Waals surface area contributed by atoms with Crippen molar-refractivity contribution in [3.63, 3.8) is 0 Å². The Morgan fingerprint density at radius 3 is 2.41 bits per heavy atom. The number of benzene rings is 2. The molecule has 0 spiro atoms. The molecule has 1 heterocycles. The van der Waals surface area contributed by atoms with E-state index in [1.165, 1.54) is 9.13 Å². The van der Waals surface area contributed by atoms with Crippen molar-refractivity contribution in [2.45, 2.75) is 20.4 Å². The number of hydrogen-bond acceptors (Lipinski definition) is 3. The molecule has 2 N–H and O–H groups in total. The highest BCUT2D eigenvalue weighted by Crippen LogP contribution is 2.17. The molecule has 3 rings (SSSR count). The maximum Gasteiger partial charge on any atom is 0.329 e. The van der Waals surface area contributed by atoms with E-state index in [9.17, 15) is 14.4 Å². The lowest BCUT2D eigenvalue weighted by molar-refractivity contribution is -0.124. The minimum Gasteiger partial charge on any atom is -0.345 e. The molecular weight excluding hydrogens is 344 g/mol. The minimum absolute atomic E-state index is 0.142. The Balaban J connectivity index is 1.64. The maximum atomic E-state index is 12.3. The molecule has 27 heavy (non-hydrogen) atoms. The molecule has 140 valence electrons. The fourth-order valence-electron chi connectivity index (χ4n) is 2.98. The Morgan fingerprint density at radius 2 is 1.67 bits per heavy atom. The number of aromatic nitrogens is 2. The number of fused-ring (bicyclic) bond motifs is 1. The van der Waals surface area contributed by atoms with Gasteiger partial charge in [0.05, 0.1) is 17.6 Å². The molecule has 2 amide bonds. The van der Waals surface area contributed by atoms with Gasteiger partial charge < -0.3 is 10.6 Å². The van der Waals surface area contributed by atoms with Gasteiger partial charge in [-0.25, -0.2) is 4.79 Å². The fourth-order valence-corrected chi connectivity index (χ4v) is 2.98. The zero-order valence-electron chi connectivity index (χ0n) is 15.6. The smallest absolute Gasteiger partial charge is 0.329 e. The Labute approximate surface area is 156 Å². The van der Waals surface area contributed by atoms with Gasteiger partial charge in [-0.15, -0.1) is 0 Å². The summed E-state index contributed by atoms with van der Waals surface area (Å²) < 4.78 is 2.89. The minimum atomic E-state index is -0.399. The van der Waals surface area contributed by atoms with Crippen LogP contribution in [-0.4, -0.2) is 27.5 Å². The maximum absolute atomic E-state index is 12.3. The Bertz CT molecular complexity index is 1080. The number of imidazole rings is 1. The summed E-state index contributed by atoms with van der Waals surface area (Å²) in [6.45, 7) is 3.59. The van der Waals surface area contributed by atoms with Gasteiger partial charge in [-0.3, -0.25) is 18.7 Å². The number of nitrogens with one attached hydrogen (secondary N) is 2. The normalized spacial score (nSPS) is 10.8. The molecule has 0 radical (unpaired) electrons. The summed E-state index contributed by atoms with van der Waals surface area (Å²) >= 11 is 0. The molecule has 7 nitrogen and oxygen atoms in total. The lowest BCUT2D eigenvalue weighted by atomic mass is 10.1. The average Bonchev–Trinajstić information content (AvgIpc) is 2.89. The van der Waals surface area contributed by atoms with E-state index in [0.717, 1.165) is 22.3 Å². The van der Waals surface area contributed by atoms with Gasteiger partial charge in [0.15, 0.2) is 0 Å². The summed E-state index contributed by atoms with van der Waals surface area (Å²) in [5.41, 5.74) is 3.94. The topological polar surface area (TPSA) is 85.1 Å². The second-order valence-electron chi connectivity index (χ2n) is 6.49. The Kier molecular flexibility index (Phi) is 5.12. The van der Waals surface area contributed by atoms with Crippen LogP contribution in [0.15, 0.2) is 47.3 Å². The molecule has 0 unspecified atom stereocenters. The Morgan fingerprint density at radius 1 is 0.963 bits per heavy atom. The van der Waals surface area contributed by atoms with Gasteiger partial charge in [0.25, 0.3) is 0 Å². The van der Waals surface area contributed by atoms with Gasteiger partial charge in [0.1, 0.15) is 6.54 Å². The summed E-state index contributed by atoms with van der Waals surface area (Å²) in [5, 5.41) is 5.36. The Hall–Kier alpha value is -3.35. The molecule has 2 aromatic carbocycles. The van der Waals surface area contributed by atoms with Crippen LogP contribution in [-0.2, 0) is 23.2 Å². The van der Waals surface area contributed by atoms with Crippen LogP contribution < -0.4 is 16.3 Å². The van der Waals surface area contributed by atoms with E-state index in [1.54, 1.807) is 13.1 Å². The van der Waals surface area contributed by atoms with Crippen LogP contribution in [0, 0.1) is 13.8 Å². The fraction of sp³-hybridized carbons (Fsp3) is 0.250. The molecule has 1 aromatic heterocycles. The number of amides is 2. The van der Waals surface area contributed by atoms with Crippen molar-refractivity contribution in [1.29, 1.82) is 0 Å². The zero-order chi connectivity index (χ0) is 19.6. The van der Waals surface area contributed by atoms with Crippen molar-refractivity contribution in [3.8, 4) is 0 Å². The van der Waals surface area contributed by atoms with Crippen LogP contribution >= 0.6 is 0 Å². The van der Waals surface area contributed by atoms with Crippen molar-refractivity contribution in [2.24, 2.45) is 7.05 Å². The molecule has 0 aliphatic rings. The first-order valence-corrected chi connectivity index (χ1v) is 8.65. The second kappa shape index (κ2) is 7.49. The van der Waals surface area contributed by atoms with E-state index in [0.29, 0.717) is 5.52 Å². The third-order valence-corrected chi connectivity index (χ3v) is 4.68. The standard InChI is InChI=1S/C20H22N4O3/c1-13-7-6-8-15(14(13)2)22-18(25)11-21-19(26)12-24-17-10-5-4-9-16(17)23(3)20(24)27/h4-10H,11-12H2,1-3H3,(H,21,26)(H,22,25). The molecule has 3 aromatic rings. The van der Waals surface area contributed by atoms with Crippen LogP contribution in [0.1, 0.15) is 11.1 Å². The van der Waals surface area contributed by atoms with E-state index in [2.05, 4.69) is 10.6 Å². The van der Waals surface area contributed by atoms with Crippen molar-refractivity contribution in [3.05, 3.63) is 64.1 Å². The van der Waals surface area contributed by atoms with Gasteiger partial charge in [0, 0.05) is 12.7 Å². The molecule has 0 fully saturated rings. The highest BCUT2D eigenvalue weighted by atomic mass is 16.2. The summed E-state index contributed by atoms with van der Waals surface area (Å²) in [6, 6.07) is 12.9. The lowest BCUT2D eigenvalue weighted by Crippen LogP contribution is -2.37. The van der Waals surface area contributed by atoms with E-state index < -0.39 is 5.91 Å². The number of anilines is 1. The monoisotopic (exact) mass is 366 g/mol. The summed E-state index contributed by atoms with van der Waals surface area (Å²) in [5.74, 6) is -0.716. The zero-order valence-corrected chi connectivity index (χ0v) is 15.6. The quantitative estimate of drug-likeness (QED) is 0.721. The number of nitrogens with zero attached hydrogens (tertiary/aromatic N) is 2. The summed E-state index contributed by atoms with van der Waals surface area (Å²) in [4.78, 5) is 36.7. The van der Waals surface area contributed by atoms with Gasteiger partial charge in [-0.1, -0.05) is 24.3 Å². The number of carbonyl (C=O) groups is 2. The van der Waals surface area contributed by atoms with Gasteiger partial charge in [0.2, 0.25) is 11.8 Å². The molecule has 0 atom stereocenters. The lowest BCUT2D eigenvalue weighted by Gasteiger charge is -2.11. The number of carbonyl (C=O) groups excluding carboxylic acids is 2. The van der Waals surface area contributed by atoms with Gasteiger partial charge in [-0.2, -0.15) is 0 Å². The molecule has 0 bridgehead atoms. The van der Waals surface area contributed by atoms with Gasteiger partial charge >= 0.3 is 5.69 Å². The van der Waals surface area contributed by atoms with E-state index in [-0.39, 0.29) is 24.7 Å².